The first-order valence-electron chi connectivity index (χ1n) is 12.9. The molecule has 42 heavy (non-hydrogen) atoms. The summed E-state index contributed by atoms with van der Waals surface area (Å²) in [7, 11) is -6.99. The average molecular weight is 639 g/mol. The molecule has 1 fully saturated rings. The van der Waals surface area contributed by atoms with Crippen molar-refractivity contribution in [2.45, 2.75) is 11.0 Å². The van der Waals surface area contributed by atoms with Gasteiger partial charge >= 0.3 is 26.2 Å². The molecule has 0 radical (unpaired) electrons. The van der Waals surface area contributed by atoms with Crippen LogP contribution in [0.4, 0.5) is 0 Å². The summed E-state index contributed by atoms with van der Waals surface area (Å²) in [5.41, 5.74) is -0.214. The molecule has 2 atom stereocenters. The van der Waals surface area contributed by atoms with Crippen molar-refractivity contribution in [2.24, 2.45) is 0 Å². The van der Waals surface area contributed by atoms with Gasteiger partial charge in [0, 0.05) is 70.0 Å². The number of sulfonamides is 1. The Bertz CT molecular complexity index is 1160. The maximum atomic E-state index is 12.7. The van der Waals surface area contributed by atoms with Crippen LogP contribution in [0.5, 0.6) is 0 Å². The molecule has 0 aliphatic carbocycles. The smallest absolute Gasteiger partial charge is 0.480 e. The molecule has 19 heteroatoms. The molecule has 0 bridgehead atoms. The van der Waals surface area contributed by atoms with Gasteiger partial charge in [-0.05, 0) is 18.2 Å². The minimum atomic E-state index is -4.13. The van der Waals surface area contributed by atoms with Crippen molar-refractivity contribution in [1.29, 1.82) is 0 Å². The Kier molecular flexibility index (Phi) is 14.8. The fraction of sp³-hybridized carbons (Fsp3) is 0.609. The van der Waals surface area contributed by atoms with E-state index in [2.05, 4.69) is 4.72 Å². The second-order valence-electron chi connectivity index (χ2n) is 9.59. The summed E-state index contributed by atoms with van der Waals surface area (Å²) in [5.74, 6) is -3.42. The molecule has 2 unspecified atom stereocenters. The van der Waals surface area contributed by atoms with Gasteiger partial charge in [0.1, 0.15) is 0 Å². The van der Waals surface area contributed by atoms with E-state index < -0.39 is 48.8 Å². The zero-order chi connectivity index (χ0) is 31.3. The van der Waals surface area contributed by atoms with Crippen molar-refractivity contribution in [2.75, 3.05) is 85.3 Å². The normalized spacial score (nSPS) is 18.5. The number of carboxylic acid groups (broad SMARTS) is 3. The van der Waals surface area contributed by atoms with Gasteiger partial charge in [-0.3, -0.25) is 29.2 Å². The highest BCUT2D eigenvalue weighted by atomic mass is 32.2. The van der Waals surface area contributed by atoms with Crippen molar-refractivity contribution in [3.8, 4) is 0 Å². The molecule has 1 aromatic rings. The van der Waals surface area contributed by atoms with Crippen LogP contribution in [-0.2, 0) is 28.7 Å². The first kappa shape index (κ1) is 35.6. The summed E-state index contributed by atoms with van der Waals surface area (Å²) >= 11 is 0. The Morgan fingerprint density at radius 2 is 1.38 bits per heavy atom. The summed E-state index contributed by atoms with van der Waals surface area (Å²) in [6.45, 7) is 0.847. The van der Waals surface area contributed by atoms with Crippen LogP contribution in [0.1, 0.15) is 10.4 Å². The van der Waals surface area contributed by atoms with Crippen molar-refractivity contribution in [3.05, 3.63) is 29.8 Å². The van der Waals surface area contributed by atoms with Crippen LogP contribution >= 0.6 is 8.25 Å². The van der Waals surface area contributed by atoms with Gasteiger partial charge in [-0.15, -0.1) is 9.42 Å². The fourth-order valence-corrected chi connectivity index (χ4v) is 5.55. The Morgan fingerprint density at radius 1 is 0.881 bits per heavy atom. The first-order valence-corrected chi connectivity index (χ1v) is 15.5. The van der Waals surface area contributed by atoms with Gasteiger partial charge in [0.2, 0.25) is 10.0 Å². The minimum Gasteiger partial charge on any atom is -0.480 e. The largest absolute Gasteiger partial charge is 0.696 e. The van der Waals surface area contributed by atoms with Crippen LogP contribution in [0.3, 0.4) is 0 Å². The van der Waals surface area contributed by atoms with Gasteiger partial charge < -0.3 is 20.4 Å². The summed E-state index contributed by atoms with van der Waals surface area (Å²) in [5, 5.41) is 38.5. The number of nitrogens with zero attached hydrogens (tertiary/aromatic N) is 4. The zero-order valence-corrected chi connectivity index (χ0v) is 24.5. The summed E-state index contributed by atoms with van der Waals surface area (Å²) in [6.07, 6.45) is -1.20. The lowest BCUT2D eigenvalue weighted by atomic mass is 10.2. The van der Waals surface area contributed by atoms with E-state index >= 15 is 0 Å². The van der Waals surface area contributed by atoms with Gasteiger partial charge in [0.15, 0.2) is 6.73 Å². The Morgan fingerprint density at radius 3 is 1.86 bits per heavy atom. The molecular formula is C23H37N5O12PS+. The monoisotopic (exact) mass is 638 g/mol. The molecule has 6 N–H and O–H groups in total. The lowest BCUT2D eigenvalue weighted by Crippen LogP contribution is -2.49. The number of carboxylic acids is 3. The molecule has 236 valence electrons. The molecule has 1 aliphatic rings. The predicted octanol–water partition coefficient (Wildman–Crippen LogP) is -1.96. The molecule has 0 amide bonds. The van der Waals surface area contributed by atoms with Crippen molar-refractivity contribution in [3.63, 3.8) is 0 Å². The van der Waals surface area contributed by atoms with E-state index in [1.807, 2.05) is 0 Å². The van der Waals surface area contributed by atoms with Crippen LogP contribution in [0.15, 0.2) is 29.2 Å². The first-order chi connectivity index (χ1) is 19.7. The number of β-amino-alcohol motifs (C(OH)–C–C–N with tert-alkyl or cyclic N) is 1. The van der Waals surface area contributed by atoms with E-state index in [0.717, 1.165) is 6.07 Å². The SMILES string of the molecule is O=C(O)CN1CCN(CO[P+](=O)O)CCN(CC(=O)O)CCN(CC(O)CNS(=O)(=O)c2cccc(C(=O)O)c2)CC1. The number of aliphatic hydroxyl groups is 1. The number of benzene rings is 1. The zero-order valence-electron chi connectivity index (χ0n) is 22.8. The van der Waals surface area contributed by atoms with E-state index in [-0.39, 0.29) is 89.2 Å². The molecule has 0 saturated carbocycles. The third-order valence-corrected chi connectivity index (χ3v) is 8.13. The van der Waals surface area contributed by atoms with Gasteiger partial charge in [-0.25, -0.2) is 17.9 Å². The second-order valence-corrected chi connectivity index (χ2v) is 12.1. The minimum absolute atomic E-state index is 0.0248. The highest BCUT2D eigenvalue weighted by Crippen LogP contribution is 2.15. The third kappa shape index (κ3) is 13.6. The Labute approximate surface area is 243 Å². The average Bonchev–Trinajstić information content (AvgIpc) is 2.90. The quantitative estimate of drug-likeness (QED) is 0.121. The van der Waals surface area contributed by atoms with E-state index in [1.165, 1.54) is 18.2 Å². The standard InChI is InChI=1S/C23H36N5O12PS/c29-19(13-24-42(38,39)20-3-1-2-18(12-20)23(34)35)14-25-4-6-26(15-21(30)31)8-10-28(17-40-41(36)37)11-9-27(7-5-25)16-22(32)33/h1-3,12,19,24,29H,4-11,13-17H2,(H3-,30,31,32,33,34,35,36,37)/p+1. The number of hydrogen-bond acceptors (Lipinski definition) is 12. The topological polar surface area (TPSA) is 238 Å². The van der Waals surface area contributed by atoms with E-state index in [1.54, 1.807) is 19.6 Å². The molecule has 0 spiro atoms. The molecule has 1 aliphatic heterocycles. The summed E-state index contributed by atoms with van der Waals surface area (Å²) in [6, 6.07) is 4.76. The van der Waals surface area contributed by atoms with Gasteiger partial charge in [-0.1, -0.05) is 6.07 Å². The van der Waals surface area contributed by atoms with E-state index in [0.29, 0.717) is 0 Å². The van der Waals surface area contributed by atoms with Gasteiger partial charge in [-0.2, -0.15) is 0 Å². The number of aliphatic hydroxyl groups excluding tert-OH is 1. The van der Waals surface area contributed by atoms with E-state index in [9.17, 15) is 42.7 Å². The van der Waals surface area contributed by atoms with Crippen molar-refractivity contribution < 1.29 is 57.2 Å². The number of aliphatic carboxylic acids is 2. The maximum Gasteiger partial charge on any atom is 0.696 e. The van der Waals surface area contributed by atoms with Crippen LogP contribution in [0.2, 0.25) is 0 Å². The number of hydrogen-bond donors (Lipinski definition) is 6. The predicted molar refractivity (Wildman–Crippen MR) is 147 cm³/mol. The van der Waals surface area contributed by atoms with Crippen LogP contribution < -0.4 is 4.72 Å². The molecule has 17 nitrogen and oxygen atoms in total. The Balaban J connectivity index is 2.11. The fourth-order valence-electron chi connectivity index (χ4n) is 4.17. The van der Waals surface area contributed by atoms with Crippen molar-refractivity contribution >= 4 is 36.2 Å². The number of carbonyl (C=O) groups is 3. The highest BCUT2D eigenvalue weighted by molar-refractivity contribution is 7.89. The third-order valence-electron chi connectivity index (χ3n) is 6.37. The van der Waals surface area contributed by atoms with E-state index in [4.69, 9.17) is 14.5 Å². The van der Waals surface area contributed by atoms with Crippen molar-refractivity contribution in [1.82, 2.24) is 24.3 Å². The molecule has 1 aromatic carbocycles. The number of aromatic carboxylic acids is 1. The number of nitrogens with one attached hydrogen (secondary N) is 1. The summed E-state index contributed by atoms with van der Waals surface area (Å²) < 4.78 is 43.4. The molecule has 1 saturated heterocycles. The maximum absolute atomic E-state index is 12.7. The highest BCUT2D eigenvalue weighted by Gasteiger charge is 2.23. The number of rotatable bonds is 14. The van der Waals surface area contributed by atoms with Crippen LogP contribution in [0.25, 0.3) is 0 Å². The molecule has 1 heterocycles. The lowest BCUT2D eigenvalue weighted by molar-refractivity contribution is -0.139. The Hall–Kier alpha value is -2.64. The van der Waals surface area contributed by atoms with Gasteiger partial charge in [0.05, 0.1) is 29.7 Å². The van der Waals surface area contributed by atoms with Crippen LogP contribution in [-0.4, -0.2) is 163 Å². The molecule has 2 rings (SSSR count). The van der Waals surface area contributed by atoms with Gasteiger partial charge in [0.25, 0.3) is 0 Å². The summed E-state index contributed by atoms with van der Waals surface area (Å²) in [4.78, 5) is 49.5. The van der Waals surface area contributed by atoms with Crippen LogP contribution in [0, 0.1) is 0 Å². The molecular weight excluding hydrogens is 601 g/mol. The lowest BCUT2D eigenvalue weighted by Gasteiger charge is -2.33. The second kappa shape index (κ2) is 17.5. The molecule has 0 aromatic heterocycles.